The van der Waals surface area contributed by atoms with Crippen molar-refractivity contribution in [1.82, 2.24) is 0 Å². The normalized spacial score (nSPS) is 22.4. The molecule has 134 valence electrons. The molecule has 1 heterocycles. The Labute approximate surface area is 144 Å². The van der Waals surface area contributed by atoms with Crippen LogP contribution in [0.5, 0.6) is 0 Å². The Bertz CT molecular complexity index is 742. The van der Waals surface area contributed by atoms with E-state index in [-0.39, 0.29) is 5.57 Å². The van der Waals surface area contributed by atoms with E-state index in [0.717, 1.165) is 25.2 Å². The molecule has 0 bridgehead atoms. The van der Waals surface area contributed by atoms with E-state index in [2.05, 4.69) is 4.74 Å². The van der Waals surface area contributed by atoms with Gasteiger partial charge in [0.15, 0.2) is 0 Å². The second-order valence-corrected chi connectivity index (χ2v) is 5.29. The quantitative estimate of drug-likeness (QED) is 0.630. The van der Waals surface area contributed by atoms with Crippen molar-refractivity contribution < 1.29 is 33.7 Å². The molecule has 1 aliphatic heterocycles. The van der Waals surface area contributed by atoms with E-state index >= 15 is 0 Å². The molecule has 0 saturated carbocycles. The van der Waals surface area contributed by atoms with Crippen molar-refractivity contribution in [1.29, 1.82) is 0 Å². The van der Waals surface area contributed by atoms with Gasteiger partial charge in [-0.1, -0.05) is 18.2 Å². The molecule has 2 atom stereocenters. The number of para-hydroxylation sites is 1. The summed E-state index contributed by atoms with van der Waals surface area (Å²) in [6, 6.07) is 6.56. The number of amides is 1. The highest BCUT2D eigenvalue weighted by Gasteiger charge is 2.58. The van der Waals surface area contributed by atoms with Gasteiger partial charge in [-0.3, -0.25) is 9.69 Å². The predicted octanol–water partition coefficient (Wildman–Crippen LogP) is 0.702. The summed E-state index contributed by atoms with van der Waals surface area (Å²) in [5.74, 6) is -2.29. The first-order valence-corrected chi connectivity index (χ1v) is 7.36. The molecule has 8 nitrogen and oxygen atoms in total. The van der Waals surface area contributed by atoms with Crippen molar-refractivity contribution in [2.45, 2.75) is 18.8 Å². The summed E-state index contributed by atoms with van der Waals surface area (Å²) >= 11 is 0. The number of carbonyl (C=O) groups excluding carboxylic acids is 3. The smallest absolute Gasteiger partial charge is 0.339 e. The molecule has 0 radical (unpaired) electrons. The summed E-state index contributed by atoms with van der Waals surface area (Å²) in [5, 5.41) is 10.9. The Hall–Kier alpha value is -2.71. The van der Waals surface area contributed by atoms with E-state index in [1.807, 2.05) is 0 Å². The zero-order valence-corrected chi connectivity index (χ0v) is 14.3. The minimum atomic E-state index is -1.96. The highest BCUT2D eigenvalue weighted by molar-refractivity contribution is 6.04. The van der Waals surface area contributed by atoms with Crippen molar-refractivity contribution in [3.63, 3.8) is 0 Å². The SMILES string of the molecule is COC(=O)/C=C(/C(=O)OC)C1(OC)C(O)c2ccccc2N1C(C)=O. The van der Waals surface area contributed by atoms with E-state index in [1.165, 1.54) is 14.0 Å². The number of methoxy groups -OCH3 is 3. The van der Waals surface area contributed by atoms with E-state index in [9.17, 15) is 19.5 Å². The average molecular weight is 349 g/mol. The van der Waals surface area contributed by atoms with E-state index in [0.29, 0.717) is 11.3 Å². The third-order valence-electron chi connectivity index (χ3n) is 4.06. The Morgan fingerprint density at radius 3 is 2.32 bits per heavy atom. The van der Waals surface area contributed by atoms with Crippen LogP contribution in [0.1, 0.15) is 18.6 Å². The lowest BCUT2D eigenvalue weighted by atomic mass is 9.94. The molecule has 0 saturated heterocycles. The highest BCUT2D eigenvalue weighted by atomic mass is 16.5. The molecular weight excluding hydrogens is 330 g/mol. The zero-order chi connectivity index (χ0) is 18.8. The van der Waals surface area contributed by atoms with Gasteiger partial charge in [0.25, 0.3) is 0 Å². The second-order valence-electron chi connectivity index (χ2n) is 5.29. The predicted molar refractivity (Wildman–Crippen MR) is 86.4 cm³/mol. The van der Waals surface area contributed by atoms with Crippen LogP contribution in [0.3, 0.4) is 0 Å². The Kier molecular flexibility index (Phi) is 5.24. The molecule has 0 spiro atoms. The van der Waals surface area contributed by atoms with Gasteiger partial charge in [-0.05, 0) is 6.07 Å². The second kappa shape index (κ2) is 7.04. The Morgan fingerprint density at radius 1 is 1.16 bits per heavy atom. The lowest BCUT2D eigenvalue weighted by Crippen LogP contribution is -2.56. The standard InChI is InChI=1S/C17H19NO7/c1-10(19)18-13-8-6-5-7-11(13)15(21)17(18,25-4)12(16(22)24-3)9-14(20)23-2/h5-9,15,21H,1-4H3/b12-9-. The van der Waals surface area contributed by atoms with Crippen molar-refractivity contribution in [3.05, 3.63) is 41.5 Å². The molecule has 2 rings (SSSR count). The van der Waals surface area contributed by atoms with Crippen LogP contribution in [0.25, 0.3) is 0 Å². The molecule has 1 aromatic carbocycles. The summed E-state index contributed by atoms with van der Waals surface area (Å²) in [6.45, 7) is 1.26. The number of fused-ring (bicyclic) bond motifs is 1. The topological polar surface area (TPSA) is 102 Å². The van der Waals surface area contributed by atoms with Crippen molar-refractivity contribution in [2.24, 2.45) is 0 Å². The number of aliphatic hydroxyl groups excluding tert-OH is 1. The number of anilines is 1. The van der Waals surface area contributed by atoms with Crippen LogP contribution in [-0.4, -0.2) is 50.0 Å². The largest absolute Gasteiger partial charge is 0.466 e. The molecular formula is C17H19NO7. The van der Waals surface area contributed by atoms with Crippen LogP contribution in [0.15, 0.2) is 35.9 Å². The molecule has 0 aliphatic carbocycles. The monoisotopic (exact) mass is 349 g/mol. The van der Waals surface area contributed by atoms with Crippen LogP contribution < -0.4 is 4.90 Å². The third kappa shape index (κ3) is 2.79. The molecule has 25 heavy (non-hydrogen) atoms. The summed E-state index contributed by atoms with van der Waals surface area (Å²) in [7, 11) is 3.47. The first-order chi connectivity index (χ1) is 11.8. The maximum Gasteiger partial charge on any atom is 0.339 e. The summed E-state index contributed by atoms with van der Waals surface area (Å²) in [5.41, 5.74) is -1.58. The number of ether oxygens (including phenoxy) is 3. The lowest BCUT2D eigenvalue weighted by Gasteiger charge is -2.39. The maximum absolute atomic E-state index is 12.4. The van der Waals surface area contributed by atoms with Crippen LogP contribution >= 0.6 is 0 Å². The van der Waals surface area contributed by atoms with Crippen molar-refractivity contribution in [3.8, 4) is 0 Å². The fourth-order valence-corrected chi connectivity index (χ4v) is 3.01. The summed E-state index contributed by atoms with van der Waals surface area (Å²) in [4.78, 5) is 37.6. The molecule has 0 fully saturated rings. The fourth-order valence-electron chi connectivity index (χ4n) is 3.01. The molecule has 1 aromatic rings. The molecule has 1 amide bonds. The number of hydrogen-bond acceptors (Lipinski definition) is 7. The van der Waals surface area contributed by atoms with Crippen molar-refractivity contribution in [2.75, 3.05) is 26.2 Å². The molecule has 1 N–H and O–H groups in total. The van der Waals surface area contributed by atoms with Crippen LogP contribution in [0, 0.1) is 0 Å². The maximum atomic E-state index is 12.4. The number of aliphatic hydroxyl groups is 1. The minimum Gasteiger partial charge on any atom is -0.466 e. The number of carbonyl (C=O) groups is 3. The van der Waals surface area contributed by atoms with Gasteiger partial charge in [0.05, 0.1) is 19.9 Å². The van der Waals surface area contributed by atoms with E-state index in [4.69, 9.17) is 9.47 Å². The number of benzene rings is 1. The van der Waals surface area contributed by atoms with Gasteiger partial charge >= 0.3 is 11.9 Å². The summed E-state index contributed by atoms with van der Waals surface area (Å²) < 4.78 is 14.8. The minimum absolute atomic E-state index is 0.358. The fraction of sp³-hybridized carbons (Fsp3) is 0.353. The lowest BCUT2D eigenvalue weighted by molar-refractivity contribution is -0.146. The third-order valence-corrected chi connectivity index (χ3v) is 4.06. The average Bonchev–Trinajstić information content (AvgIpc) is 2.88. The van der Waals surface area contributed by atoms with Gasteiger partial charge in [0, 0.05) is 25.7 Å². The van der Waals surface area contributed by atoms with Gasteiger partial charge in [0.2, 0.25) is 11.6 Å². The van der Waals surface area contributed by atoms with Crippen LogP contribution in [-0.2, 0) is 28.6 Å². The van der Waals surface area contributed by atoms with E-state index < -0.39 is 29.7 Å². The van der Waals surface area contributed by atoms with Gasteiger partial charge < -0.3 is 19.3 Å². The number of rotatable bonds is 4. The number of nitrogens with zero attached hydrogens (tertiary/aromatic N) is 1. The Balaban J connectivity index is 2.79. The highest BCUT2D eigenvalue weighted by Crippen LogP contribution is 2.50. The van der Waals surface area contributed by atoms with Gasteiger partial charge in [-0.2, -0.15) is 0 Å². The summed E-state index contributed by atoms with van der Waals surface area (Å²) in [6.07, 6.45) is -0.576. The van der Waals surface area contributed by atoms with Crippen LogP contribution in [0.4, 0.5) is 5.69 Å². The first-order valence-electron chi connectivity index (χ1n) is 7.36. The van der Waals surface area contributed by atoms with Gasteiger partial charge in [0.1, 0.15) is 11.7 Å². The van der Waals surface area contributed by atoms with Crippen LogP contribution in [0.2, 0.25) is 0 Å². The Morgan fingerprint density at radius 2 is 1.80 bits per heavy atom. The van der Waals surface area contributed by atoms with Gasteiger partial charge in [-0.25, -0.2) is 9.59 Å². The van der Waals surface area contributed by atoms with Crippen molar-refractivity contribution >= 4 is 23.5 Å². The molecule has 1 aliphatic rings. The van der Waals surface area contributed by atoms with E-state index in [1.54, 1.807) is 24.3 Å². The first kappa shape index (κ1) is 18.6. The number of hydrogen-bond donors (Lipinski definition) is 1. The molecule has 8 heteroatoms. The molecule has 0 aromatic heterocycles. The zero-order valence-electron chi connectivity index (χ0n) is 14.3. The molecule has 2 unspecified atom stereocenters. The van der Waals surface area contributed by atoms with Gasteiger partial charge in [-0.15, -0.1) is 0 Å². The number of esters is 2.